The summed E-state index contributed by atoms with van der Waals surface area (Å²) >= 11 is 6.10. The molecule has 0 saturated heterocycles. The molecule has 4 aromatic carbocycles. The Labute approximate surface area is 198 Å². The summed E-state index contributed by atoms with van der Waals surface area (Å²) in [5.74, 6) is -0.509. The Morgan fingerprint density at radius 2 is 1.27 bits per heavy atom. The van der Waals surface area contributed by atoms with Gasteiger partial charge in [0.2, 0.25) is 0 Å². The molecule has 0 spiro atoms. The van der Waals surface area contributed by atoms with E-state index in [-0.39, 0.29) is 5.57 Å². The highest BCUT2D eigenvalue weighted by atomic mass is 35.5. The van der Waals surface area contributed by atoms with Gasteiger partial charge in [-0.05, 0) is 60.2 Å². The number of hydrogen-bond donors (Lipinski definition) is 1. The number of rotatable bonds is 6. The van der Waals surface area contributed by atoms with Crippen LogP contribution in [-0.2, 0) is 4.79 Å². The number of nitrogens with one attached hydrogen (secondary N) is 1. The third-order valence-electron chi connectivity index (χ3n) is 4.98. The van der Waals surface area contributed by atoms with Crippen molar-refractivity contribution in [2.45, 2.75) is 0 Å². The minimum atomic E-state index is -0.509. The molecule has 160 valence electrons. The van der Waals surface area contributed by atoms with Gasteiger partial charge in [-0.15, -0.1) is 0 Å². The maximum absolute atomic E-state index is 12.6. The number of halogens is 1. The second-order valence-electron chi connectivity index (χ2n) is 7.20. The smallest absolute Gasteiger partial charge is 0.266 e. The monoisotopic (exact) mass is 449 g/mol. The molecule has 4 aromatic rings. The van der Waals surface area contributed by atoms with E-state index < -0.39 is 5.91 Å². The van der Waals surface area contributed by atoms with Crippen LogP contribution < -0.4 is 10.2 Å². The van der Waals surface area contributed by atoms with Crippen LogP contribution in [0.25, 0.3) is 6.08 Å². The normalized spacial score (nSPS) is 10.8. The molecule has 0 bridgehead atoms. The van der Waals surface area contributed by atoms with E-state index in [1.54, 1.807) is 30.3 Å². The average Bonchev–Trinajstić information content (AvgIpc) is 2.86. The Kier molecular flexibility index (Phi) is 6.84. The Hall–Kier alpha value is -4.33. The van der Waals surface area contributed by atoms with Gasteiger partial charge in [0.15, 0.2) is 0 Å². The van der Waals surface area contributed by atoms with Gasteiger partial charge in [0.25, 0.3) is 5.91 Å². The van der Waals surface area contributed by atoms with Gasteiger partial charge in [-0.2, -0.15) is 5.26 Å². The molecule has 0 atom stereocenters. The van der Waals surface area contributed by atoms with Gasteiger partial charge in [0, 0.05) is 17.1 Å². The fraction of sp³-hybridized carbons (Fsp3) is 0. The first kappa shape index (κ1) is 21.9. The molecule has 0 fully saturated rings. The molecule has 0 aliphatic heterocycles. The van der Waals surface area contributed by atoms with Gasteiger partial charge < -0.3 is 10.2 Å². The SMILES string of the molecule is N#CC(=Cc1ccc(N(c2ccccc2)c2ccccc2)cc1)C(=O)Nc1ccccc1Cl. The second-order valence-corrected chi connectivity index (χ2v) is 7.61. The maximum atomic E-state index is 12.6. The lowest BCUT2D eigenvalue weighted by molar-refractivity contribution is -0.112. The number of para-hydroxylation sites is 3. The number of hydrogen-bond acceptors (Lipinski definition) is 3. The van der Waals surface area contributed by atoms with Crippen molar-refractivity contribution >= 4 is 46.3 Å². The summed E-state index contributed by atoms with van der Waals surface area (Å²) in [6, 6.07) is 36.7. The molecule has 33 heavy (non-hydrogen) atoms. The summed E-state index contributed by atoms with van der Waals surface area (Å²) in [7, 11) is 0. The summed E-state index contributed by atoms with van der Waals surface area (Å²) in [4.78, 5) is 14.7. The van der Waals surface area contributed by atoms with Gasteiger partial charge in [0.05, 0.1) is 10.7 Å². The number of anilines is 4. The van der Waals surface area contributed by atoms with E-state index >= 15 is 0 Å². The van der Waals surface area contributed by atoms with E-state index in [0.717, 1.165) is 22.6 Å². The first-order chi connectivity index (χ1) is 16.2. The van der Waals surface area contributed by atoms with Crippen LogP contribution in [0, 0.1) is 11.3 Å². The van der Waals surface area contributed by atoms with Crippen LogP contribution in [0.2, 0.25) is 5.02 Å². The third kappa shape index (κ3) is 5.30. The molecule has 1 N–H and O–H groups in total. The van der Waals surface area contributed by atoms with Crippen molar-refractivity contribution in [1.29, 1.82) is 5.26 Å². The number of carbonyl (C=O) groups is 1. The van der Waals surface area contributed by atoms with E-state index in [9.17, 15) is 10.1 Å². The Balaban J connectivity index is 1.61. The zero-order valence-corrected chi connectivity index (χ0v) is 18.4. The zero-order chi connectivity index (χ0) is 23.0. The molecule has 0 saturated carbocycles. The van der Waals surface area contributed by atoms with E-state index in [1.807, 2.05) is 91.0 Å². The average molecular weight is 450 g/mol. The van der Waals surface area contributed by atoms with Crippen molar-refractivity contribution in [2.75, 3.05) is 10.2 Å². The van der Waals surface area contributed by atoms with Gasteiger partial charge in [-0.1, -0.05) is 72.3 Å². The molecular weight excluding hydrogens is 430 g/mol. The van der Waals surface area contributed by atoms with Crippen LogP contribution in [0.1, 0.15) is 5.56 Å². The predicted molar refractivity (Wildman–Crippen MR) is 135 cm³/mol. The minimum absolute atomic E-state index is 0.00866. The van der Waals surface area contributed by atoms with Gasteiger partial charge in [-0.3, -0.25) is 4.79 Å². The van der Waals surface area contributed by atoms with E-state index in [0.29, 0.717) is 10.7 Å². The molecule has 4 nitrogen and oxygen atoms in total. The summed E-state index contributed by atoms with van der Waals surface area (Å²) in [6.45, 7) is 0. The summed E-state index contributed by atoms with van der Waals surface area (Å²) < 4.78 is 0. The Bertz CT molecular complexity index is 1270. The second kappa shape index (κ2) is 10.3. The number of amides is 1. The maximum Gasteiger partial charge on any atom is 0.266 e. The quantitative estimate of drug-likeness (QED) is 0.247. The van der Waals surface area contributed by atoms with Crippen molar-refractivity contribution in [1.82, 2.24) is 0 Å². The summed E-state index contributed by atoms with van der Waals surface area (Å²) in [6.07, 6.45) is 1.56. The van der Waals surface area contributed by atoms with Crippen LogP contribution in [0.4, 0.5) is 22.7 Å². The number of nitrogens with zero attached hydrogens (tertiary/aromatic N) is 2. The van der Waals surface area contributed by atoms with Crippen LogP contribution in [0.3, 0.4) is 0 Å². The fourth-order valence-electron chi connectivity index (χ4n) is 3.39. The predicted octanol–water partition coefficient (Wildman–Crippen LogP) is 7.36. The molecule has 0 unspecified atom stereocenters. The molecule has 1 amide bonds. The lowest BCUT2D eigenvalue weighted by Gasteiger charge is -2.25. The van der Waals surface area contributed by atoms with Crippen molar-refractivity contribution in [3.05, 3.63) is 125 Å². The molecule has 4 rings (SSSR count). The number of carbonyl (C=O) groups excluding carboxylic acids is 1. The molecule has 0 aliphatic carbocycles. The fourth-order valence-corrected chi connectivity index (χ4v) is 3.57. The molecule has 0 aromatic heterocycles. The number of benzene rings is 4. The minimum Gasteiger partial charge on any atom is -0.320 e. The summed E-state index contributed by atoms with van der Waals surface area (Å²) in [5.41, 5.74) is 4.22. The Morgan fingerprint density at radius 3 is 1.82 bits per heavy atom. The first-order valence-electron chi connectivity index (χ1n) is 10.3. The van der Waals surface area contributed by atoms with Gasteiger partial charge >= 0.3 is 0 Å². The molecule has 5 heteroatoms. The van der Waals surface area contributed by atoms with Crippen LogP contribution in [-0.4, -0.2) is 5.91 Å². The van der Waals surface area contributed by atoms with Crippen molar-refractivity contribution in [3.8, 4) is 6.07 Å². The van der Waals surface area contributed by atoms with E-state index in [1.165, 1.54) is 0 Å². The lowest BCUT2D eigenvalue weighted by atomic mass is 10.1. The van der Waals surface area contributed by atoms with Crippen LogP contribution >= 0.6 is 11.6 Å². The van der Waals surface area contributed by atoms with Gasteiger partial charge in [-0.25, -0.2) is 0 Å². The Morgan fingerprint density at radius 1 is 0.758 bits per heavy atom. The highest BCUT2D eigenvalue weighted by Crippen LogP contribution is 2.34. The topological polar surface area (TPSA) is 56.1 Å². The van der Waals surface area contributed by atoms with Crippen molar-refractivity contribution < 1.29 is 4.79 Å². The first-order valence-corrected chi connectivity index (χ1v) is 10.7. The highest BCUT2D eigenvalue weighted by molar-refractivity contribution is 6.34. The summed E-state index contributed by atoms with van der Waals surface area (Å²) in [5, 5.41) is 12.6. The molecule has 0 aliphatic rings. The van der Waals surface area contributed by atoms with Crippen LogP contribution in [0.5, 0.6) is 0 Å². The van der Waals surface area contributed by atoms with Crippen molar-refractivity contribution in [3.63, 3.8) is 0 Å². The van der Waals surface area contributed by atoms with Gasteiger partial charge in [0.1, 0.15) is 11.6 Å². The number of nitriles is 1. The molecular formula is C28H20ClN3O. The highest BCUT2D eigenvalue weighted by Gasteiger charge is 2.13. The zero-order valence-electron chi connectivity index (χ0n) is 17.7. The van der Waals surface area contributed by atoms with E-state index in [4.69, 9.17) is 11.6 Å². The standard InChI is InChI=1S/C28H20ClN3O/c29-26-13-7-8-14-27(26)31-28(33)22(20-30)19-21-15-17-25(18-16-21)32(23-9-3-1-4-10-23)24-11-5-2-6-12-24/h1-19H,(H,31,33). The molecule has 0 radical (unpaired) electrons. The molecule has 0 heterocycles. The van der Waals surface area contributed by atoms with Crippen LogP contribution in [0.15, 0.2) is 115 Å². The van der Waals surface area contributed by atoms with E-state index in [2.05, 4.69) is 10.2 Å². The third-order valence-corrected chi connectivity index (χ3v) is 5.31. The lowest BCUT2D eigenvalue weighted by Crippen LogP contribution is -2.13. The largest absolute Gasteiger partial charge is 0.320 e. The van der Waals surface area contributed by atoms with Crippen molar-refractivity contribution in [2.24, 2.45) is 0 Å².